The highest BCUT2D eigenvalue weighted by Gasteiger charge is 2.15. The molecule has 0 aromatic carbocycles. The van der Waals surface area contributed by atoms with Crippen molar-refractivity contribution in [3.8, 4) is 0 Å². The predicted molar refractivity (Wildman–Crippen MR) is 54.2 cm³/mol. The van der Waals surface area contributed by atoms with Crippen LogP contribution in [0, 0.1) is 0 Å². The van der Waals surface area contributed by atoms with Crippen molar-refractivity contribution in [3.63, 3.8) is 0 Å². The van der Waals surface area contributed by atoms with Crippen LogP contribution in [0.3, 0.4) is 0 Å². The highest BCUT2D eigenvalue weighted by Crippen LogP contribution is 1.96. The largest absolute Gasteiger partial charge is 0.476 e. The summed E-state index contributed by atoms with van der Waals surface area (Å²) in [4.78, 5) is 42.7. The topological polar surface area (TPSA) is 118 Å². The third-order valence-electron chi connectivity index (χ3n) is 1.81. The lowest BCUT2D eigenvalue weighted by Gasteiger charge is -2.02. The van der Waals surface area contributed by atoms with Crippen molar-refractivity contribution < 1.29 is 34.1 Å². The number of carbonyl (C=O) groups excluding carboxylic acids is 3. The van der Waals surface area contributed by atoms with E-state index in [2.05, 4.69) is 4.74 Å². The third kappa shape index (κ3) is 7.18. The van der Waals surface area contributed by atoms with Gasteiger partial charge in [0, 0.05) is 19.4 Å². The third-order valence-corrected chi connectivity index (χ3v) is 1.81. The molecule has 0 atom stereocenters. The summed E-state index contributed by atoms with van der Waals surface area (Å²) in [5.74, 6) is -4.27. The molecule has 0 saturated heterocycles. The molecule has 0 aliphatic carbocycles. The van der Waals surface area contributed by atoms with Crippen molar-refractivity contribution in [1.82, 2.24) is 0 Å². The van der Waals surface area contributed by atoms with Gasteiger partial charge in [0.05, 0.1) is 6.61 Å². The minimum absolute atomic E-state index is 0.0597. The monoisotopic (exact) mass is 246 g/mol. The maximum absolute atomic E-state index is 11.0. The van der Waals surface area contributed by atoms with Crippen LogP contribution in [0.2, 0.25) is 0 Å². The van der Waals surface area contributed by atoms with Crippen LogP contribution in [0.1, 0.15) is 25.7 Å². The Labute approximate surface area is 97.4 Å². The molecule has 0 aromatic rings. The normalized spacial score (nSPS) is 9.71. The van der Waals surface area contributed by atoms with Gasteiger partial charge in [0.1, 0.15) is 0 Å². The van der Waals surface area contributed by atoms with Gasteiger partial charge in [-0.1, -0.05) is 0 Å². The van der Waals surface area contributed by atoms with Crippen LogP contribution < -0.4 is 0 Å². The zero-order chi connectivity index (χ0) is 13.3. The Bertz CT molecular complexity index is 308. The predicted octanol–water partition coefficient (Wildman–Crippen LogP) is -0.695. The number of carboxylic acid groups (broad SMARTS) is 1. The van der Waals surface area contributed by atoms with Crippen molar-refractivity contribution in [2.24, 2.45) is 0 Å². The lowest BCUT2D eigenvalue weighted by molar-refractivity contribution is -0.154. The Morgan fingerprint density at radius 2 is 1.53 bits per heavy atom. The molecule has 2 N–H and O–H groups in total. The number of aliphatic hydroxyl groups excluding tert-OH is 1. The second-order valence-electron chi connectivity index (χ2n) is 3.22. The maximum atomic E-state index is 11.0. The first-order valence-corrected chi connectivity index (χ1v) is 5.06. The van der Waals surface area contributed by atoms with Crippen molar-refractivity contribution in [2.45, 2.75) is 25.7 Å². The standard InChI is InChI=1S/C10H14O7/c11-5-1-3-8(13)10(16)17-6-2-4-7(12)9(14)15/h11H,1-6H2,(H,14,15). The summed E-state index contributed by atoms with van der Waals surface area (Å²) in [5.41, 5.74) is 0. The fourth-order valence-corrected chi connectivity index (χ4v) is 0.927. The van der Waals surface area contributed by atoms with Gasteiger partial charge >= 0.3 is 11.9 Å². The lowest BCUT2D eigenvalue weighted by Crippen LogP contribution is -2.19. The first-order valence-electron chi connectivity index (χ1n) is 5.06. The van der Waals surface area contributed by atoms with Gasteiger partial charge in [0.2, 0.25) is 11.6 Å². The molecule has 0 spiro atoms. The second kappa shape index (κ2) is 8.40. The van der Waals surface area contributed by atoms with E-state index >= 15 is 0 Å². The van der Waals surface area contributed by atoms with Gasteiger partial charge in [-0.25, -0.2) is 9.59 Å². The summed E-state index contributed by atoms with van der Waals surface area (Å²) in [7, 11) is 0. The van der Waals surface area contributed by atoms with Crippen LogP contribution in [0.15, 0.2) is 0 Å². The van der Waals surface area contributed by atoms with Crippen LogP contribution in [-0.2, 0) is 23.9 Å². The molecule has 0 aliphatic heterocycles. The fourth-order valence-electron chi connectivity index (χ4n) is 0.927. The summed E-state index contributed by atoms with van der Waals surface area (Å²) in [6, 6.07) is 0. The Hall–Kier alpha value is -1.76. The van der Waals surface area contributed by atoms with E-state index in [1.807, 2.05) is 0 Å². The first-order chi connectivity index (χ1) is 7.99. The quantitative estimate of drug-likeness (QED) is 0.314. The zero-order valence-electron chi connectivity index (χ0n) is 9.18. The number of Topliss-reactive ketones (excluding diaryl/α,β-unsaturated/α-hetero) is 2. The van der Waals surface area contributed by atoms with E-state index in [-0.39, 0.29) is 38.9 Å². The lowest BCUT2D eigenvalue weighted by atomic mass is 10.2. The highest BCUT2D eigenvalue weighted by atomic mass is 16.5. The Morgan fingerprint density at radius 1 is 0.941 bits per heavy atom. The molecule has 0 rings (SSSR count). The van der Waals surface area contributed by atoms with Crippen LogP contribution >= 0.6 is 0 Å². The van der Waals surface area contributed by atoms with Gasteiger partial charge in [-0.15, -0.1) is 0 Å². The van der Waals surface area contributed by atoms with Crippen molar-refractivity contribution >= 4 is 23.5 Å². The molecule has 0 bridgehead atoms. The number of aliphatic hydroxyl groups is 1. The minimum Gasteiger partial charge on any atom is -0.476 e. The number of ketones is 2. The van der Waals surface area contributed by atoms with Crippen molar-refractivity contribution in [1.29, 1.82) is 0 Å². The number of ether oxygens (including phenoxy) is 1. The number of hydrogen-bond donors (Lipinski definition) is 2. The molecule has 7 heteroatoms. The van der Waals surface area contributed by atoms with E-state index in [0.717, 1.165) is 0 Å². The SMILES string of the molecule is O=C(O)C(=O)CCCOC(=O)C(=O)CCCO. The first kappa shape index (κ1) is 15.2. The summed E-state index contributed by atoms with van der Waals surface area (Å²) < 4.78 is 4.52. The second-order valence-corrected chi connectivity index (χ2v) is 3.22. The smallest absolute Gasteiger partial charge is 0.374 e. The maximum Gasteiger partial charge on any atom is 0.374 e. The van der Waals surface area contributed by atoms with Gasteiger partial charge in [-0.2, -0.15) is 0 Å². The average molecular weight is 246 g/mol. The molecule has 0 fully saturated rings. The van der Waals surface area contributed by atoms with Crippen molar-refractivity contribution in [3.05, 3.63) is 0 Å². The molecule has 0 saturated carbocycles. The molecular weight excluding hydrogens is 232 g/mol. The van der Waals surface area contributed by atoms with E-state index < -0.39 is 23.5 Å². The average Bonchev–Trinajstić information content (AvgIpc) is 2.30. The van der Waals surface area contributed by atoms with E-state index in [0.29, 0.717) is 0 Å². The Balaban J connectivity index is 3.68. The molecule has 0 radical (unpaired) electrons. The number of carboxylic acids is 1. The molecule has 0 heterocycles. The minimum atomic E-state index is -1.53. The van der Waals surface area contributed by atoms with Crippen LogP contribution in [0.5, 0.6) is 0 Å². The highest BCUT2D eigenvalue weighted by molar-refractivity contribution is 6.33. The molecule has 7 nitrogen and oxygen atoms in total. The fraction of sp³-hybridized carbons (Fsp3) is 0.600. The van der Waals surface area contributed by atoms with Gasteiger partial charge in [0.25, 0.3) is 0 Å². The molecule has 17 heavy (non-hydrogen) atoms. The molecule has 0 aromatic heterocycles. The summed E-state index contributed by atoms with van der Waals surface area (Å²) in [5, 5.41) is 16.7. The number of hydrogen-bond acceptors (Lipinski definition) is 6. The van der Waals surface area contributed by atoms with E-state index in [1.165, 1.54) is 0 Å². The number of aliphatic carboxylic acids is 1. The molecule has 0 aliphatic rings. The molecule has 96 valence electrons. The van der Waals surface area contributed by atoms with E-state index in [4.69, 9.17) is 10.2 Å². The number of rotatable bonds is 9. The molecule has 0 unspecified atom stereocenters. The number of esters is 1. The summed E-state index contributed by atoms with van der Waals surface area (Å²) >= 11 is 0. The molecule has 0 amide bonds. The van der Waals surface area contributed by atoms with Gasteiger partial charge in [-0.3, -0.25) is 9.59 Å². The Kier molecular flexibility index (Phi) is 7.53. The number of carbonyl (C=O) groups is 4. The van der Waals surface area contributed by atoms with E-state index in [9.17, 15) is 19.2 Å². The van der Waals surface area contributed by atoms with E-state index in [1.54, 1.807) is 0 Å². The summed E-state index contributed by atoms with van der Waals surface area (Å²) in [6.45, 7) is -0.366. The van der Waals surface area contributed by atoms with Crippen LogP contribution in [0.4, 0.5) is 0 Å². The van der Waals surface area contributed by atoms with Crippen LogP contribution in [-0.4, -0.2) is 46.9 Å². The van der Waals surface area contributed by atoms with Gasteiger partial charge < -0.3 is 14.9 Å². The molecular formula is C10H14O7. The van der Waals surface area contributed by atoms with Gasteiger partial charge in [0.15, 0.2) is 0 Å². The van der Waals surface area contributed by atoms with Crippen LogP contribution in [0.25, 0.3) is 0 Å². The summed E-state index contributed by atoms with van der Waals surface area (Å²) in [6.07, 6.45) is -0.0909. The Morgan fingerprint density at radius 3 is 2.06 bits per heavy atom. The van der Waals surface area contributed by atoms with Crippen molar-refractivity contribution in [2.75, 3.05) is 13.2 Å². The zero-order valence-corrected chi connectivity index (χ0v) is 9.18. The van der Waals surface area contributed by atoms with Gasteiger partial charge in [-0.05, 0) is 12.8 Å².